The van der Waals surface area contributed by atoms with Crippen molar-refractivity contribution in [3.63, 3.8) is 0 Å². The van der Waals surface area contributed by atoms with Crippen LogP contribution in [0.4, 0.5) is 0 Å². The Labute approximate surface area is 128 Å². The summed E-state index contributed by atoms with van der Waals surface area (Å²) in [6.07, 6.45) is 1.46. The molecular formula is C8H12Li2N2O6. The van der Waals surface area contributed by atoms with Crippen molar-refractivity contribution in [2.45, 2.75) is 25.7 Å². The maximum absolute atomic E-state index is 10.00. The van der Waals surface area contributed by atoms with Crippen molar-refractivity contribution in [1.29, 1.82) is 0 Å². The largest absolute Gasteiger partial charge is 1.00 e. The molecule has 0 aromatic rings. The van der Waals surface area contributed by atoms with E-state index in [4.69, 9.17) is 10.4 Å². The van der Waals surface area contributed by atoms with Gasteiger partial charge in [0, 0.05) is 24.6 Å². The molecule has 0 amide bonds. The fourth-order valence-corrected chi connectivity index (χ4v) is 0.465. The van der Waals surface area contributed by atoms with E-state index in [0.29, 0.717) is 12.6 Å². The number of aldehydes is 2. The van der Waals surface area contributed by atoms with E-state index in [2.05, 4.69) is 10.3 Å². The molecule has 0 bridgehead atoms. The van der Waals surface area contributed by atoms with Gasteiger partial charge < -0.3 is 30.2 Å². The fraction of sp³-hybridized carbons (Fsp3) is 0.500. The Balaban J connectivity index is -0.0000000980. The Morgan fingerprint density at radius 3 is 1.33 bits per heavy atom. The summed E-state index contributed by atoms with van der Waals surface area (Å²) in [4.78, 5) is 19.1. The van der Waals surface area contributed by atoms with Crippen LogP contribution in [-0.2, 0) is 9.59 Å². The smallest absolute Gasteiger partial charge is 0.859 e. The molecule has 0 rings (SSSR count). The number of oxime groups is 2. The Kier molecular flexibility index (Phi) is 30.6. The van der Waals surface area contributed by atoms with Crippen LogP contribution in [0, 0.1) is 0 Å². The molecule has 0 aliphatic heterocycles. The predicted octanol–water partition coefficient (Wildman–Crippen LogP) is -7.77. The van der Waals surface area contributed by atoms with E-state index in [1.165, 1.54) is 0 Å². The minimum Gasteiger partial charge on any atom is -0.859 e. The van der Waals surface area contributed by atoms with Crippen LogP contribution in [0.1, 0.15) is 25.7 Å². The number of nitrogens with zero attached hydrogens (tertiary/aromatic N) is 2. The third-order valence-corrected chi connectivity index (χ3v) is 1.18. The maximum Gasteiger partial charge on any atom is 1.00 e. The van der Waals surface area contributed by atoms with Gasteiger partial charge in [0.05, 0.1) is 0 Å². The molecule has 0 heterocycles. The summed E-state index contributed by atoms with van der Waals surface area (Å²) in [7, 11) is 0. The minimum atomic E-state index is -0.655. The average Bonchev–Trinajstić information content (AvgIpc) is 2.33. The van der Waals surface area contributed by atoms with E-state index in [1.807, 2.05) is 0 Å². The minimum absolute atomic E-state index is 0. The molecule has 0 unspecified atom stereocenters. The molecule has 0 aliphatic rings. The molecule has 2 N–H and O–H groups in total. The first-order valence-electron chi connectivity index (χ1n) is 4.25. The van der Waals surface area contributed by atoms with Crippen LogP contribution in [0.3, 0.4) is 0 Å². The van der Waals surface area contributed by atoms with Gasteiger partial charge in [0.15, 0.2) is 0 Å². The van der Waals surface area contributed by atoms with E-state index in [1.54, 1.807) is 0 Å². The Bertz CT molecular complexity index is 234. The van der Waals surface area contributed by atoms with Gasteiger partial charge in [-0.15, -0.1) is 10.3 Å². The normalized spacial score (nSPS) is 10.0. The summed E-state index contributed by atoms with van der Waals surface area (Å²) >= 11 is 0. The van der Waals surface area contributed by atoms with E-state index in [-0.39, 0.29) is 63.4 Å². The molecule has 0 aromatic carbocycles. The monoisotopic (exact) mass is 246 g/mol. The quantitative estimate of drug-likeness (QED) is 0.119. The Morgan fingerprint density at radius 2 is 1.17 bits per heavy atom. The molecule has 10 heteroatoms. The molecule has 8 nitrogen and oxygen atoms in total. The van der Waals surface area contributed by atoms with Crippen LogP contribution in [-0.4, -0.2) is 34.8 Å². The van der Waals surface area contributed by atoms with E-state index >= 15 is 0 Å². The zero-order chi connectivity index (χ0) is 12.8. The molecule has 18 heavy (non-hydrogen) atoms. The summed E-state index contributed by atoms with van der Waals surface area (Å²) < 4.78 is 0. The summed E-state index contributed by atoms with van der Waals surface area (Å²) in [6.45, 7) is 0. The van der Waals surface area contributed by atoms with Gasteiger partial charge in [-0.1, -0.05) is 0 Å². The van der Waals surface area contributed by atoms with E-state index in [0.717, 1.165) is 0 Å². The van der Waals surface area contributed by atoms with Gasteiger partial charge in [-0.05, 0) is 12.8 Å². The second kappa shape index (κ2) is 21.4. The van der Waals surface area contributed by atoms with Crippen molar-refractivity contribution >= 4 is 24.4 Å². The molecule has 0 spiro atoms. The fourth-order valence-electron chi connectivity index (χ4n) is 0.465. The molecule has 0 atom stereocenters. The van der Waals surface area contributed by atoms with Crippen molar-refractivity contribution in [1.82, 2.24) is 0 Å². The van der Waals surface area contributed by atoms with Crippen LogP contribution in [0.25, 0.3) is 0 Å². The first-order valence-corrected chi connectivity index (χ1v) is 4.25. The molecule has 0 aromatic heterocycles. The zero-order valence-corrected chi connectivity index (χ0v) is 10.4. The molecule has 0 saturated heterocycles. The molecule has 0 fully saturated rings. The predicted molar refractivity (Wildman–Crippen MR) is 49.0 cm³/mol. The number of carbonyl (C=O) groups is 2. The summed E-state index contributed by atoms with van der Waals surface area (Å²) in [5, 5.41) is 40.1. The molecule has 0 aliphatic carbocycles. The average molecular weight is 246 g/mol. The van der Waals surface area contributed by atoms with Crippen molar-refractivity contribution in [2.24, 2.45) is 10.3 Å². The van der Waals surface area contributed by atoms with Crippen LogP contribution >= 0.6 is 0 Å². The van der Waals surface area contributed by atoms with Gasteiger partial charge in [-0.25, -0.2) is 0 Å². The van der Waals surface area contributed by atoms with Gasteiger partial charge in [-0.3, -0.25) is 0 Å². The van der Waals surface area contributed by atoms with E-state index < -0.39 is 11.8 Å². The van der Waals surface area contributed by atoms with Crippen LogP contribution in [0.5, 0.6) is 0 Å². The summed E-state index contributed by atoms with van der Waals surface area (Å²) in [6, 6.07) is 0. The van der Waals surface area contributed by atoms with Crippen LogP contribution in [0.15, 0.2) is 10.3 Å². The first-order chi connectivity index (χ1) is 7.62. The van der Waals surface area contributed by atoms with Crippen molar-refractivity contribution in [3.05, 3.63) is 0 Å². The summed E-state index contributed by atoms with van der Waals surface area (Å²) in [5.41, 5.74) is 0. The molecule has 0 radical (unpaired) electrons. The standard InChI is InChI=1S/2C4H7NO3.2Li/c2*6-3-1-2-4(7)5-8;;/h2*3,8H,1-2H2,(H,5,7);;/q;;2*+1/p-2. The van der Waals surface area contributed by atoms with Crippen molar-refractivity contribution < 1.29 is 67.9 Å². The SMILES string of the molecule is O=CCCC([O-])=NO.O=CCCC([O-])=NO.[Li+].[Li+]. The first kappa shape index (κ1) is 25.8. The summed E-state index contributed by atoms with van der Waals surface area (Å²) in [5.74, 6) is -1.31. The van der Waals surface area contributed by atoms with Gasteiger partial charge in [0.25, 0.3) is 0 Å². The number of hydrogen-bond acceptors (Lipinski definition) is 8. The van der Waals surface area contributed by atoms with Crippen LogP contribution in [0.2, 0.25) is 0 Å². The number of hydrogen-bond donors (Lipinski definition) is 2. The Morgan fingerprint density at radius 1 is 0.889 bits per heavy atom. The third-order valence-electron chi connectivity index (χ3n) is 1.18. The number of carbonyl (C=O) groups excluding carboxylic acids is 2. The molecule has 0 saturated carbocycles. The van der Waals surface area contributed by atoms with Gasteiger partial charge in [0.2, 0.25) is 0 Å². The van der Waals surface area contributed by atoms with E-state index in [9.17, 15) is 19.8 Å². The topological polar surface area (TPSA) is 145 Å². The molecular weight excluding hydrogens is 234 g/mol. The second-order valence-electron chi connectivity index (χ2n) is 2.40. The van der Waals surface area contributed by atoms with Crippen molar-refractivity contribution in [3.8, 4) is 0 Å². The Hall–Kier alpha value is -0.925. The number of rotatable bonds is 6. The van der Waals surface area contributed by atoms with Gasteiger partial charge >= 0.3 is 37.7 Å². The second-order valence-corrected chi connectivity index (χ2v) is 2.40. The van der Waals surface area contributed by atoms with Gasteiger partial charge in [0.1, 0.15) is 12.6 Å². The maximum atomic E-state index is 10.00. The van der Waals surface area contributed by atoms with Crippen molar-refractivity contribution in [2.75, 3.05) is 0 Å². The third kappa shape index (κ3) is 24.3. The zero-order valence-electron chi connectivity index (χ0n) is 10.4. The van der Waals surface area contributed by atoms with Crippen LogP contribution < -0.4 is 47.9 Å². The van der Waals surface area contributed by atoms with Gasteiger partial charge in [-0.2, -0.15) is 0 Å². The molecule has 92 valence electrons.